The third-order valence-electron chi connectivity index (χ3n) is 2.21. The fourth-order valence-corrected chi connectivity index (χ4v) is 3.04. The fourth-order valence-electron chi connectivity index (χ4n) is 1.15. The first-order valence-corrected chi connectivity index (χ1v) is 8.49. The molecule has 0 radical (unpaired) electrons. The number of hydrogen-bond acceptors (Lipinski definition) is 6. The maximum absolute atomic E-state index is 11.8. The summed E-state index contributed by atoms with van der Waals surface area (Å²) < 4.78 is 48.2. The van der Waals surface area contributed by atoms with E-state index in [9.17, 15) is 16.8 Å². The maximum atomic E-state index is 11.8. The van der Waals surface area contributed by atoms with Crippen LogP contribution in [0.4, 0.5) is 5.82 Å². The molecular formula is C9H15N3O4S2. The molecule has 0 amide bonds. The number of hydrogen-bond donors (Lipinski definition) is 2. The number of anilines is 1. The molecule has 0 aliphatic carbocycles. The van der Waals surface area contributed by atoms with Gasteiger partial charge in [-0.2, -0.15) is 0 Å². The molecule has 9 heteroatoms. The van der Waals surface area contributed by atoms with Crippen LogP contribution in [0, 0.1) is 0 Å². The first kappa shape index (κ1) is 14.9. The van der Waals surface area contributed by atoms with E-state index >= 15 is 0 Å². The molecule has 0 saturated carbocycles. The van der Waals surface area contributed by atoms with Crippen LogP contribution < -0.4 is 10.5 Å². The molecule has 3 N–H and O–H groups in total. The number of aromatic nitrogens is 1. The predicted molar refractivity (Wildman–Crippen MR) is 68.2 cm³/mol. The number of pyridine rings is 1. The van der Waals surface area contributed by atoms with Gasteiger partial charge in [-0.25, -0.2) is 26.5 Å². The van der Waals surface area contributed by atoms with Crippen LogP contribution in [-0.2, 0) is 19.9 Å². The van der Waals surface area contributed by atoms with E-state index in [1.165, 1.54) is 25.3 Å². The van der Waals surface area contributed by atoms with E-state index in [0.717, 1.165) is 0 Å². The average Bonchev–Trinajstić information content (AvgIpc) is 2.28. The Bertz CT molecular complexity index is 610. The molecule has 1 aromatic rings. The Labute approximate surface area is 106 Å². The second kappa shape index (κ2) is 5.63. The Morgan fingerprint density at radius 2 is 2.00 bits per heavy atom. The first-order valence-electron chi connectivity index (χ1n) is 5.18. The zero-order valence-corrected chi connectivity index (χ0v) is 11.5. The van der Waals surface area contributed by atoms with E-state index in [1.807, 2.05) is 0 Å². The van der Waals surface area contributed by atoms with Crippen molar-refractivity contribution in [3.63, 3.8) is 0 Å². The first-order chi connectivity index (χ1) is 8.27. The number of sulfone groups is 1. The van der Waals surface area contributed by atoms with Crippen LogP contribution in [0.3, 0.4) is 0 Å². The van der Waals surface area contributed by atoms with Crippen molar-refractivity contribution in [2.24, 2.45) is 0 Å². The highest BCUT2D eigenvalue weighted by molar-refractivity contribution is 7.91. The Kier molecular flexibility index (Phi) is 4.65. The van der Waals surface area contributed by atoms with Crippen molar-refractivity contribution in [2.75, 3.05) is 23.8 Å². The van der Waals surface area contributed by atoms with E-state index < -0.39 is 19.9 Å². The van der Waals surface area contributed by atoms with E-state index in [-0.39, 0.29) is 28.8 Å². The van der Waals surface area contributed by atoms with Gasteiger partial charge in [0.15, 0.2) is 9.84 Å². The van der Waals surface area contributed by atoms with Crippen LogP contribution in [0.2, 0.25) is 0 Å². The summed E-state index contributed by atoms with van der Waals surface area (Å²) in [5.41, 5.74) is 5.38. The molecule has 0 aromatic carbocycles. The monoisotopic (exact) mass is 293 g/mol. The Morgan fingerprint density at radius 3 is 2.56 bits per heavy atom. The van der Waals surface area contributed by atoms with Crippen molar-refractivity contribution in [2.45, 2.75) is 11.8 Å². The Balaban J connectivity index is 2.72. The minimum atomic E-state index is -3.75. The van der Waals surface area contributed by atoms with Crippen LogP contribution in [0.1, 0.15) is 6.92 Å². The van der Waals surface area contributed by atoms with Crippen LogP contribution >= 0.6 is 0 Å². The van der Waals surface area contributed by atoms with Gasteiger partial charge in [-0.15, -0.1) is 0 Å². The standard InChI is InChI=1S/C9H15N3O4S2/c1-2-17(13,14)6-5-12-18(15,16)8-3-4-11-9(10)7-8/h3-4,7,12H,2,5-6H2,1H3,(H2,10,11). The zero-order chi connectivity index (χ0) is 13.8. The molecule has 102 valence electrons. The highest BCUT2D eigenvalue weighted by Crippen LogP contribution is 2.09. The molecule has 0 fully saturated rings. The lowest BCUT2D eigenvalue weighted by Crippen LogP contribution is -2.29. The molecule has 0 unspecified atom stereocenters. The van der Waals surface area contributed by atoms with Crippen molar-refractivity contribution in [1.29, 1.82) is 0 Å². The summed E-state index contributed by atoms with van der Waals surface area (Å²) in [6.45, 7) is 1.34. The van der Waals surface area contributed by atoms with Crippen LogP contribution in [0.15, 0.2) is 23.2 Å². The van der Waals surface area contributed by atoms with Gasteiger partial charge in [-0.05, 0) is 6.07 Å². The lowest BCUT2D eigenvalue weighted by Gasteiger charge is -2.06. The van der Waals surface area contributed by atoms with E-state index in [0.29, 0.717) is 0 Å². The fraction of sp³-hybridized carbons (Fsp3) is 0.444. The second-order valence-corrected chi connectivity index (χ2v) is 7.79. The van der Waals surface area contributed by atoms with Gasteiger partial charge < -0.3 is 5.73 Å². The van der Waals surface area contributed by atoms with E-state index in [2.05, 4.69) is 9.71 Å². The smallest absolute Gasteiger partial charge is 0.240 e. The van der Waals surface area contributed by atoms with Gasteiger partial charge >= 0.3 is 0 Å². The van der Waals surface area contributed by atoms with Crippen molar-refractivity contribution >= 4 is 25.7 Å². The van der Waals surface area contributed by atoms with Crippen molar-refractivity contribution in [3.8, 4) is 0 Å². The van der Waals surface area contributed by atoms with Gasteiger partial charge in [0.1, 0.15) is 5.82 Å². The highest BCUT2D eigenvalue weighted by Gasteiger charge is 2.15. The van der Waals surface area contributed by atoms with Crippen molar-refractivity contribution < 1.29 is 16.8 Å². The number of nitrogens with two attached hydrogens (primary N) is 1. The summed E-state index contributed by atoms with van der Waals surface area (Å²) in [7, 11) is -6.94. The van der Waals surface area contributed by atoms with Gasteiger partial charge in [0.2, 0.25) is 10.0 Å². The zero-order valence-electron chi connectivity index (χ0n) is 9.83. The normalized spacial score (nSPS) is 12.5. The summed E-state index contributed by atoms with van der Waals surface area (Å²) >= 11 is 0. The molecule has 1 heterocycles. The van der Waals surface area contributed by atoms with Gasteiger partial charge in [-0.1, -0.05) is 6.92 Å². The van der Waals surface area contributed by atoms with Gasteiger partial charge in [0, 0.05) is 24.6 Å². The topological polar surface area (TPSA) is 119 Å². The molecule has 0 aliphatic heterocycles. The molecule has 0 bridgehead atoms. The summed E-state index contributed by atoms with van der Waals surface area (Å²) in [4.78, 5) is 3.64. The summed E-state index contributed by atoms with van der Waals surface area (Å²) in [6, 6.07) is 2.49. The lowest BCUT2D eigenvalue weighted by molar-refractivity contribution is 0.581. The maximum Gasteiger partial charge on any atom is 0.240 e. The molecule has 0 atom stereocenters. The van der Waals surface area contributed by atoms with E-state index in [1.54, 1.807) is 0 Å². The van der Waals surface area contributed by atoms with Gasteiger partial charge in [-0.3, -0.25) is 0 Å². The SMILES string of the molecule is CCS(=O)(=O)CCNS(=O)(=O)c1ccnc(N)c1. The molecule has 1 aromatic heterocycles. The Morgan fingerprint density at radius 1 is 1.33 bits per heavy atom. The molecule has 1 rings (SSSR count). The molecule has 0 spiro atoms. The summed E-state index contributed by atoms with van der Waals surface area (Å²) in [5.74, 6) is -0.167. The minimum Gasteiger partial charge on any atom is -0.384 e. The molecule has 18 heavy (non-hydrogen) atoms. The van der Waals surface area contributed by atoms with Crippen molar-refractivity contribution in [3.05, 3.63) is 18.3 Å². The summed E-state index contributed by atoms with van der Waals surface area (Å²) in [6.07, 6.45) is 1.27. The largest absolute Gasteiger partial charge is 0.384 e. The van der Waals surface area contributed by atoms with Crippen molar-refractivity contribution in [1.82, 2.24) is 9.71 Å². The minimum absolute atomic E-state index is 0.0169. The molecular weight excluding hydrogens is 278 g/mol. The Hall–Kier alpha value is -1.19. The molecule has 7 nitrogen and oxygen atoms in total. The number of rotatable bonds is 6. The second-order valence-electron chi connectivity index (χ2n) is 3.55. The number of nitrogens with one attached hydrogen (secondary N) is 1. The number of nitrogens with zero attached hydrogens (tertiary/aromatic N) is 1. The van der Waals surface area contributed by atoms with Gasteiger partial charge in [0.05, 0.1) is 10.6 Å². The predicted octanol–water partition coefficient (Wildman–Crippen LogP) is -0.623. The lowest BCUT2D eigenvalue weighted by atomic mass is 10.5. The number of nitrogen functional groups attached to an aromatic ring is 1. The average molecular weight is 293 g/mol. The third kappa shape index (κ3) is 4.24. The third-order valence-corrected chi connectivity index (χ3v) is 5.37. The summed E-state index contributed by atoms with van der Waals surface area (Å²) in [5, 5.41) is 0. The number of sulfonamides is 1. The quantitative estimate of drug-likeness (QED) is 0.721. The van der Waals surface area contributed by atoms with Crippen LogP contribution in [0.25, 0.3) is 0 Å². The van der Waals surface area contributed by atoms with Gasteiger partial charge in [0.25, 0.3) is 0 Å². The molecule has 0 aliphatic rings. The van der Waals surface area contributed by atoms with Crippen LogP contribution in [0.5, 0.6) is 0 Å². The molecule has 0 saturated heterocycles. The van der Waals surface area contributed by atoms with Crippen LogP contribution in [-0.4, -0.2) is 39.9 Å². The van der Waals surface area contributed by atoms with E-state index in [4.69, 9.17) is 5.73 Å². The highest BCUT2D eigenvalue weighted by atomic mass is 32.2.